The standard InChI is InChI=1S/C15H13ClN2O2/c1-19-15(20-2)13-12-10(7-8-17-14(12)16)9-5-3-4-6-11(9)18-13/h3-8,15H,1-2H3. The highest BCUT2D eigenvalue weighted by Crippen LogP contribution is 2.34. The summed E-state index contributed by atoms with van der Waals surface area (Å²) in [5, 5.41) is 3.18. The third-order valence-electron chi connectivity index (χ3n) is 3.25. The summed E-state index contributed by atoms with van der Waals surface area (Å²) in [6.45, 7) is 0. The summed E-state index contributed by atoms with van der Waals surface area (Å²) in [6, 6.07) is 9.81. The van der Waals surface area contributed by atoms with Crippen LogP contribution >= 0.6 is 11.6 Å². The highest BCUT2D eigenvalue weighted by atomic mass is 35.5. The molecule has 0 aliphatic carbocycles. The Kier molecular flexibility index (Phi) is 3.53. The Bertz CT molecular complexity index is 772. The number of aromatic nitrogens is 2. The summed E-state index contributed by atoms with van der Waals surface area (Å²) in [6.07, 6.45) is 1.11. The molecule has 1 aromatic carbocycles. The summed E-state index contributed by atoms with van der Waals surface area (Å²) in [5.41, 5.74) is 1.51. The van der Waals surface area contributed by atoms with E-state index in [-0.39, 0.29) is 0 Å². The normalized spacial score (nSPS) is 11.6. The van der Waals surface area contributed by atoms with E-state index in [4.69, 9.17) is 21.1 Å². The lowest BCUT2D eigenvalue weighted by Crippen LogP contribution is -2.07. The van der Waals surface area contributed by atoms with E-state index in [2.05, 4.69) is 9.97 Å². The SMILES string of the molecule is COC(OC)c1nc2ccccc2c2ccnc(Cl)c12. The fourth-order valence-corrected chi connectivity index (χ4v) is 2.63. The van der Waals surface area contributed by atoms with Gasteiger partial charge in [0.05, 0.1) is 5.52 Å². The lowest BCUT2D eigenvalue weighted by Gasteiger charge is -2.16. The van der Waals surface area contributed by atoms with E-state index in [0.717, 1.165) is 21.7 Å². The Morgan fingerprint density at radius 1 is 1.05 bits per heavy atom. The zero-order chi connectivity index (χ0) is 14.1. The molecule has 0 unspecified atom stereocenters. The van der Waals surface area contributed by atoms with Gasteiger partial charge < -0.3 is 9.47 Å². The molecule has 0 aliphatic heterocycles. The van der Waals surface area contributed by atoms with Crippen LogP contribution in [0.3, 0.4) is 0 Å². The molecule has 0 atom stereocenters. The van der Waals surface area contributed by atoms with Crippen LogP contribution in [-0.2, 0) is 9.47 Å². The molecule has 5 heteroatoms. The molecule has 3 rings (SSSR count). The van der Waals surface area contributed by atoms with Gasteiger partial charge in [0.2, 0.25) is 6.29 Å². The average Bonchev–Trinajstić information content (AvgIpc) is 2.48. The van der Waals surface area contributed by atoms with Crippen molar-refractivity contribution in [3.8, 4) is 0 Å². The zero-order valence-corrected chi connectivity index (χ0v) is 11.9. The van der Waals surface area contributed by atoms with Crippen LogP contribution in [0.1, 0.15) is 12.0 Å². The monoisotopic (exact) mass is 288 g/mol. The van der Waals surface area contributed by atoms with Crippen molar-refractivity contribution in [1.82, 2.24) is 9.97 Å². The van der Waals surface area contributed by atoms with Gasteiger partial charge in [-0.15, -0.1) is 0 Å². The first-order valence-corrected chi connectivity index (χ1v) is 6.52. The molecule has 2 aromatic heterocycles. The first-order chi connectivity index (χ1) is 9.76. The predicted molar refractivity (Wildman–Crippen MR) is 78.8 cm³/mol. The minimum Gasteiger partial charge on any atom is -0.350 e. The molecule has 0 aliphatic rings. The van der Waals surface area contributed by atoms with Crippen LogP contribution in [0, 0.1) is 0 Å². The van der Waals surface area contributed by atoms with Crippen molar-refractivity contribution < 1.29 is 9.47 Å². The smallest absolute Gasteiger partial charge is 0.201 e. The summed E-state index contributed by atoms with van der Waals surface area (Å²) < 4.78 is 10.7. The van der Waals surface area contributed by atoms with Crippen LogP contribution in [0.15, 0.2) is 36.5 Å². The Hall–Kier alpha value is -1.75. The maximum atomic E-state index is 6.26. The number of ether oxygens (including phenoxy) is 2. The maximum Gasteiger partial charge on any atom is 0.201 e. The van der Waals surface area contributed by atoms with Crippen LogP contribution < -0.4 is 0 Å². The van der Waals surface area contributed by atoms with Crippen LogP contribution in [0.4, 0.5) is 0 Å². The number of nitrogens with zero attached hydrogens (tertiary/aromatic N) is 2. The van der Waals surface area contributed by atoms with Crippen molar-refractivity contribution in [3.05, 3.63) is 47.4 Å². The lowest BCUT2D eigenvalue weighted by atomic mass is 10.1. The molecule has 0 spiro atoms. The predicted octanol–water partition coefficient (Wildman–Crippen LogP) is 3.73. The van der Waals surface area contributed by atoms with Gasteiger partial charge in [-0.3, -0.25) is 0 Å². The molecule has 0 saturated heterocycles. The second-order valence-corrected chi connectivity index (χ2v) is 4.70. The van der Waals surface area contributed by atoms with Gasteiger partial charge in [-0.1, -0.05) is 29.8 Å². The van der Waals surface area contributed by atoms with Crippen molar-refractivity contribution >= 4 is 33.3 Å². The number of para-hydroxylation sites is 1. The van der Waals surface area contributed by atoms with E-state index in [9.17, 15) is 0 Å². The van der Waals surface area contributed by atoms with E-state index >= 15 is 0 Å². The van der Waals surface area contributed by atoms with Crippen molar-refractivity contribution in [2.45, 2.75) is 6.29 Å². The van der Waals surface area contributed by atoms with Gasteiger partial charge in [-0.25, -0.2) is 9.97 Å². The summed E-state index contributed by atoms with van der Waals surface area (Å²) in [7, 11) is 3.14. The van der Waals surface area contributed by atoms with Crippen LogP contribution in [0.25, 0.3) is 21.7 Å². The summed E-state index contributed by atoms with van der Waals surface area (Å²) in [5.74, 6) is 0. The largest absolute Gasteiger partial charge is 0.350 e. The van der Waals surface area contributed by atoms with Gasteiger partial charge in [-0.05, 0) is 17.5 Å². The van der Waals surface area contributed by atoms with E-state index in [1.807, 2.05) is 30.3 Å². The molecule has 0 amide bonds. The molecule has 0 fully saturated rings. The van der Waals surface area contributed by atoms with Crippen LogP contribution in [0.2, 0.25) is 5.15 Å². The fraction of sp³-hybridized carbons (Fsp3) is 0.200. The number of hydrogen-bond donors (Lipinski definition) is 0. The number of methoxy groups -OCH3 is 2. The number of hydrogen-bond acceptors (Lipinski definition) is 4. The molecule has 3 aromatic rings. The van der Waals surface area contributed by atoms with E-state index in [0.29, 0.717) is 10.8 Å². The Balaban J connectivity index is 2.47. The Labute approximate surface area is 121 Å². The number of rotatable bonds is 3. The highest BCUT2D eigenvalue weighted by molar-refractivity contribution is 6.35. The molecular weight excluding hydrogens is 276 g/mol. The van der Waals surface area contributed by atoms with Gasteiger partial charge in [0.15, 0.2) is 0 Å². The first-order valence-electron chi connectivity index (χ1n) is 6.14. The molecule has 0 saturated carbocycles. The second kappa shape index (κ2) is 5.32. The third-order valence-corrected chi connectivity index (χ3v) is 3.53. The van der Waals surface area contributed by atoms with Crippen molar-refractivity contribution in [1.29, 1.82) is 0 Å². The molecule has 4 nitrogen and oxygen atoms in total. The Morgan fingerprint density at radius 3 is 2.55 bits per heavy atom. The molecule has 2 heterocycles. The van der Waals surface area contributed by atoms with E-state index < -0.39 is 6.29 Å². The van der Waals surface area contributed by atoms with Crippen LogP contribution in [0.5, 0.6) is 0 Å². The lowest BCUT2D eigenvalue weighted by molar-refractivity contribution is -0.107. The Morgan fingerprint density at radius 2 is 1.80 bits per heavy atom. The van der Waals surface area contributed by atoms with Crippen molar-refractivity contribution in [3.63, 3.8) is 0 Å². The number of pyridine rings is 2. The van der Waals surface area contributed by atoms with Gasteiger partial charge in [0.1, 0.15) is 10.8 Å². The minimum atomic E-state index is -0.580. The summed E-state index contributed by atoms with van der Waals surface area (Å²) in [4.78, 5) is 8.77. The molecule has 0 radical (unpaired) electrons. The second-order valence-electron chi connectivity index (χ2n) is 4.34. The molecule has 0 bridgehead atoms. The van der Waals surface area contributed by atoms with Crippen molar-refractivity contribution in [2.75, 3.05) is 14.2 Å². The van der Waals surface area contributed by atoms with E-state index in [1.54, 1.807) is 20.4 Å². The first kappa shape index (κ1) is 13.2. The minimum absolute atomic E-state index is 0.398. The zero-order valence-electron chi connectivity index (χ0n) is 11.1. The van der Waals surface area contributed by atoms with Gasteiger partial charge in [-0.2, -0.15) is 0 Å². The molecule has 102 valence electrons. The fourth-order valence-electron chi connectivity index (χ4n) is 2.38. The third kappa shape index (κ3) is 2.02. The van der Waals surface area contributed by atoms with Gasteiger partial charge >= 0.3 is 0 Å². The molecule has 20 heavy (non-hydrogen) atoms. The maximum absolute atomic E-state index is 6.26. The van der Waals surface area contributed by atoms with Crippen molar-refractivity contribution in [2.24, 2.45) is 0 Å². The van der Waals surface area contributed by atoms with Crippen LogP contribution in [-0.4, -0.2) is 24.2 Å². The quantitative estimate of drug-likeness (QED) is 0.418. The van der Waals surface area contributed by atoms with Gasteiger partial charge in [0, 0.05) is 31.2 Å². The van der Waals surface area contributed by atoms with Gasteiger partial charge in [0.25, 0.3) is 0 Å². The van der Waals surface area contributed by atoms with E-state index in [1.165, 1.54) is 0 Å². The topological polar surface area (TPSA) is 44.2 Å². The number of fused-ring (bicyclic) bond motifs is 3. The molecule has 0 N–H and O–H groups in total. The summed E-state index contributed by atoms with van der Waals surface area (Å²) >= 11 is 6.26. The number of halogens is 1. The average molecular weight is 289 g/mol. The number of benzene rings is 1. The molecular formula is C15H13ClN2O2. The highest BCUT2D eigenvalue weighted by Gasteiger charge is 2.19.